The van der Waals surface area contributed by atoms with Crippen molar-refractivity contribution in [2.45, 2.75) is 13.1 Å². The second-order valence-electron chi connectivity index (χ2n) is 6.22. The van der Waals surface area contributed by atoms with Crippen LogP contribution in [0.15, 0.2) is 73.3 Å². The van der Waals surface area contributed by atoms with E-state index < -0.39 is 0 Å². The van der Waals surface area contributed by atoms with Crippen LogP contribution in [0.25, 0.3) is 11.3 Å². The maximum Gasteiger partial charge on any atom is 0.319 e. The molecule has 8 nitrogen and oxygen atoms in total. The molecule has 2 amide bonds. The Kier molecular flexibility index (Phi) is 5.10. The van der Waals surface area contributed by atoms with Crippen LogP contribution in [0.3, 0.4) is 0 Å². The lowest BCUT2D eigenvalue weighted by Crippen LogP contribution is -2.28. The molecule has 0 aliphatic heterocycles. The number of rotatable bonds is 6. The molecule has 28 heavy (non-hydrogen) atoms. The van der Waals surface area contributed by atoms with Gasteiger partial charge in [-0.15, -0.1) is 0 Å². The van der Waals surface area contributed by atoms with Gasteiger partial charge < -0.3 is 10.6 Å². The molecule has 0 fully saturated rings. The summed E-state index contributed by atoms with van der Waals surface area (Å²) in [6.07, 6.45) is 6.84. The summed E-state index contributed by atoms with van der Waals surface area (Å²) in [6, 6.07) is 15.3. The number of aromatic nitrogens is 5. The monoisotopic (exact) mass is 373 g/mol. The number of H-pyrrole nitrogens is 1. The molecule has 0 saturated carbocycles. The zero-order valence-electron chi connectivity index (χ0n) is 15.0. The van der Waals surface area contributed by atoms with Crippen LogP contribution >= 0.6 is 0 Å². The quantitative estimate of drug-likeness (QED) is 0.483. The molecule has 0 saturated heterocycles. The van der Waals surface area contributed by atoms with E-state index in [-0.39, 0.29) is 6.03 Å². The van der Waals surface area contributed by atoms with Gasteiger partial charge in [-0.3, -0.25) is 14.8 Å². The Morgan fingerprint density at radius 2 is 1.96 bits per heavy atom. The first-order chi connectivity index (χ1) is 13.8. The SMILES string of the molecule is O=C(NCc1ccc(-c2ccn[nH]2)cc1)Nc1cnn(Cc2ccccn2)c1. The summed E-state index contributed by atoms with van der Waals surface area (Å²) in [6.45, 7) is 0.976. The highest BCUT2D eigenvalue weighted by Crippen LogP contribution is 2.16. The van der Waals surface area contributed by atoms with Crippen molar-refractivity contribution < 1.29 is 4.79 Å². The first-order valence-electron chi connectivity index (χ1n) is 8.82. The molecule has 0 bridgehead atoms. The van der Waals surface area contributed by atoms with Gasteiger partial charge in [0.2, 0.25) is 0 Å². The molecule has 0 spiro atoms. The Morgan fingerprint density at radius 3 is 2.71 bits per heavy atom. The summed E-state index contributed by atoms with van der Waals surface area (Å²) < 4.78 is 1.73. The number of nitrogens with zero attached hydrogens (tertiary/aromatic N) is 4. The van der Waals surface area contributed by atoms with E-state index in [4.69, 9.17) is 0 Å². The van der Waals surface area contributed by atoms with E-state index in [1.54, 1.807) is 29.5 Å². The number of pyridine rings is 1. The second kappa shape index (κ2) is 8.17. The number of urea groups is 1. The van der Waals surface area contributed by atoms with Crippen LogP contribution in [0.1, 0.15) is 11.3 Å². The van der Waals surface area contributed by atoms with Crippen molar-refractivity contribution in [3.63, 3.8) is 0 Å². The highest BCUT2D eigenvalue weighted by molar-refractivity contribution is 5.88. The minimum Gasteiger partial charge on any atom is -0.334 e. The summed E-state index contributed by atoms with van der Waals surface area (Å²) in [5, 5.41) is 16.7. The summed E-state index contributed by atoms with van der Waals surface area (Å²) in [5.41, 5.74) is 4.54. The van der Waals surface area contributed by atoms with Crippen LogP contribution in [0.2, 0.25) is 0 Å². The Hall–Kier alpha value is -3.94. The van der Waals surface area contributed by atoms with Crippen LogP contribution in [0.5, 0.6) is 0 Å². The van der Waals surface area contributed by atoms with Gasteiger partial charge in [0.15, 0.2) is 0 Å². The number of benzene rings is 1. The van der Waals surface area contributed by atoms with Gasteiger partial charge in [-0.2, -0.15) is 10.2 Å². The minimum atomic E-state index is -0.282. The lowest BCUT2D eigenvalue weighted by Gasteiger charge is -2.07. The molecule has 0 aliphatic rings. The van der Waals surface area contributed by atoms with Crippen molar-refractivity contribution >= 4 is 11.7 Å². The Labute approximate surface area is 161 Å². The van der Waals surface area contributed by atoms with Gasteiger partial charge in [0, 0.05) is 25.1 Å². The van der Waals surface area contributed by atoms with Crippen LogP contribution in [-0.4, -0.2) is 31.0 Å². The third kappa shape index (κ3) is 4.42. The number of anilines is 1. The molecule has 4 rings (SSSR count). The molecule has 0 radical (unpaired) electrons. The van der Waals surface area contributed by atoms with Gasteiger partial charge in [-0.05, 0) is 29.3 Å². The number of carbonyl (C=O) groups is 1. The predicted octanol–water partition coefficient (Wildman–Crippen LogP) is 3.04. The molecule has 3 heterocycles. The Balaban J connectivity index is 1.28. The molecular weight excluding hydrogens is 354 g/mol. The van der Waals surface area contributed by atoms with Crippen LogP contribution in [0, 0.1) is 0 Å². The lowest BCUT2D eigenvalue weighted by atomic mass is 10.1. The van der Waals surface area contributed by atoms with Crippen molar-refractivity contribution in [1.82, 2.24) is 30.3 Å². The third-order valence-corrected chi connectivity index (χ3v) is 4.16. The average Bonchev–Trinajstić information content (AvgIpc) is 3.40. The van der Waals surface area contributed by atoms with Gasteiger partial charge in [0.05, 0.1) is 29.8 Å². The summed E-state index contributed by atoms with van der Waals surface area (Å²) >= 11 is 0. The lowest BCUT2D eigenvalue weighted by molar-refractivity contribution is 0.251. The van der Waals surface area contributed by atoms with Gasteiger partial charge in [-0.25, -0.2) is 4.79 Å². The van der Waals surface area contributed by atoms with Gasteiger partial charge in [0.1, 0.15) is 0 Å². The molecule has 1 aromatic carbocycles. The van der Waals surface area contributed by atoms with E-state index in [1.165, 1.54) is 0 Å². The molecule has 0 atom stereocenters. The molecule has 140 valence electrons. The number of nitrogens with one attached hydrogen (secondary N) is 3. The topological polar surface area (TPSA) is 101 Å². The standard InChI is InChI=1S/C20H19N7O/c28-20(22-11-15-4-6-16(7-5-15)19-8-10-23-26-19)25-18-12-24-27(14-18)13-17-3-1-2-9-21-17/h1-10,12,14H,11,13H2,(H,23,26)(H2,22,25,28). The molecular formula is C20H19N7O. The first kappa shape index (κ1) is 17.5. The van der Waals surface area contributed by atoms with Crippen molar-refractivity contribution in [3.05, 3.63) is 84.6 Å². The predicted molar refractivity (Wildman–Crippen MR) is 105 cm³/mol. The number of aromatic amines is 1. The van der Waals surface area contributed by atoms with Gasteiger partial charge >= 0.3 is 6.03 Å². The maximum atomic E-state index is 12.1. The van der Waals surface area contributed by atoms with Crippen LogP contribution in [-0.2, 0) is 13.1 Å². The molecule has 3 N–H and O–H groups in total. The normalized spacial score (nSPS) is 10.6. The zero-order valence-corrected chi connectivity index (χ0v) is 15.0. The van der Waals surface area contributed by atoms with E-state index in [9.17, 15) is 4.79 Å². The molecule has 8 heteroatoms. The summed E-state index contributed by atoms with van der Waals surface area (Å²) in [5.74, 6) is 0. The molecule has 4 aromatic rings. The van der Waals surface area contributed by atoms with Crippen molar-refractivity contribution in [2.24, 2.45) is 0 Å². The van der Waals surface area contributed by atoms with Gasteiger partial charge in [0.25, 0.3) is 0 Å². The first-order valence-corrected chi connectivity index (χ1v) is 8.82. The highest BCUT2D eigenvalue weighted by Gasteiger charge is 2.06. The molecule has 0 aliphatic carbocycles. The van der Waals surface area contributed by atoms with Crippen LogP contribution in [0.4, 0.5) is 10.5 Å². The minimum absolute atomic E-state index is 0.282. The second-order valence-corrected chi connectivity index (χ2v) is 6.22. The number of hydrogen-bond acceptors (Lipinski definition) is 4. The summed E-state index contributed by atoms with van der Waals surface area (Å²) in [7, 11) is 0. The molecule has 3 aromatic heterocycles. The van der Waals surface area contributed by atoms with E-state index in [0.29, 0.717) is 18.8 Å². The maximum absolute atomic E-state index is 12.1. The third-order valence-electron chi connectivity index (χ3n) is 4.16. The zero-order chi connectivity index (χ0) is 19.2. The summed E-state index contributed by atoms with van der Waals surface area (Å²) in [4.78, 5) is 16.4. The van der Waals surface area contributed by atoms with E-state index in [1.807, 2.05) is 48.5 Å². The largest absolute Gasteiger partial charge is 0.334 e. The van der Waals surface area contributed by atoms with Crippen LogP contribution < -0.4 is 10.6 Å². The fraction of sp³-hybridized carbons (Fsp3) is 0.100. The number of amides is 2. The fourth-order valence-electron chi connectivity index (χ4n) is 2.75. The van der Waals surface area contributed by atoms with Crippen molar-refractivity contribution in [1.29, 1.82) is 0 Å². The van der Waals surface area contributed by atoms with Crippen molar-refractivity contribution in [3.8, 4) is 11.3 Å². The Morgan fingerprint density at radius 1 is 1.07 bits per heavy atom. The highest BCUT2D eigenvalue weighted by atomic mass is 16.2. The van der Waals surface area contributed by atoms with E-state index >= 15 is 0 Å². The number of carbonyl (C=O) groups excluding carboxylic acids is 1. The van der Waals surface area contributed by atoms with E-state index in [2.05, 4.69) is 30.9 Å². The fourth-order valence-corrected chi connectivity index (χ4v) is 2.75. The molecule has 0 unspecified atom stereocenters. The van der Waals surface area contributed by atoms with Crippen molar-refractivity contribution in [2.75, 3.05) is 5.32 Å². The smallest absolute Gasteiger partial charge is 0.319 e. The van der Waals surface area contributed by atoms with Gasteiger partial charge in [-0.1, -0.05) is 30.3 Å². The average molecular weight is 373 g/mol. The Bertz CT molecular complexity index is 1020. The number of hydrogen-bond donors (Lipinski definition) is 3. The van der Waals surface area contributed by atoms with E-state index in [0.717, 1.165) is 22.5 Å².